The van der Waals surface area contributed by atoms with Gasteiger partial charge >= 0.3 is 0 Å². The van der Waals surface area contributed by atoms with Gasteiger partial charge in [-0.1, -0.05) is 0 Å². The molecule has 1 amide bonds. The minimum absolute atomic E-state index is 0.112. The van der Waals surface area contributed by atoms with Crippen molar-refractivity contribution in [2.75, 3.05) is 18.7 Å². The predicted molar refractivity (Wildman–Crippen MR) is 71.6 cm³/mol. The highest BCUT2D eigenvalue weighted by molar-refractivity contribution is 5.80. The molecule has 0 fully saturated rings. The first-order chi connectivity index (χ1) is 9.81. The van der Waals surface area contributed by atoms with Crippen LogP contribution in [0.5, 0.6) is 11.5 Å². The maximum atomic E-state index is 11.7. The molecule has 6 heteroatoms. The van der Waals surface area contributed by atoms with Crippen molar-refractivity contribution >= 4 is 11.6 Å². The van der Waals surface area contributed by atoms with Crippen LogP contribution in [0.2, 0.25) is 0 Å². The minimum Gasteiger partial charge on any atom is -0.467 e. The average Bonchev–Trinajstić information content (AvgIpc) is 3.13. The fourth-order valence-electron chi connectivity index (χ4n) is 1.85. The lowest BCUT2D eigenvalue weighted by Gasteiger charge is -2.07. The molecular formula is C14H14N2O4. The summed E-state index contributed by atoms with van der Waals surface area (Å²) in [6.45, 7) is 0.803. The van der Waals surface area contributed by atoms with Crippen molar-refractivity contribution in [3.05, 3.63) is 42.4 Å². The SMILES string of the molecule is O=C(CNc1ccc2c(c1)OCO2)NCc1ccco1. The molecule has 20 heavy (non-hydrogen) atoms. The Morgan fingerprint density at radius 3 is 2.95 bits per heavy atom. The van der Waals surface area contributed by atoms with E-state index in [0.717, 1.165) is 17.2 Å². The van der Waals surface area contributed by atoms with Gasteiger partial charge in [0.1, 0.15) is 5.76 Å². The lowest BCUT2D eigenvalue weighted by atomic mass is 10.3. The molecule has 1 aliphatic heterocycles. The largest absolute Gasteiger partial charge is 0.467 e. The van der Waals surface area contributed by atoms with Gasteiger partial charge in [0.15, 0.2) is 11.5 Å². The molecule has 0 bridgehead atoms. The van der Waals surface area contributed by atoms with E-state index in [4.69, 9.17) is 13.9 Å². The van der Waals surface area contributed by atoms with Crippen molar-refractivity contribution in [3.63, 3.8) is 0 Å². The Labute approximate surface area is 115 Å². The summed E-state index contributed by atoms with van der Waals surface area (Å²) in [5, 5.41) is 5.78. The molecule has 0 unspecified atom stereocenters. The monoisotopic (exact) mass is 274 g/mol. The number of fused-ring (bicyclic) bond motifs is 1. The Morgan fingerprint density at radius 1 is 1.20 bits per heavy atom. The van der Waals surface area contributed by atoms with Crippen LogP contribution in [0, 0.1) is 0 Å². The second-order valence-corrected chi connectivity index (χ2v) is 4.28. The van der Waals surface area contributed by atoms with Gasteiger partial charge in [0, 0.05) is 11.8 Å². The van der Waals surface area contributed by atoms with Crippen molar-refractivity contribution in [1.29, 1.82) is 0 Å². The molecule has 0 radical (unpaired) electrons. The van der Waals surface area contributed by atoms with Crippen LogP contribution < -0.4 is 20.1 Å². The fourth-order valence-corrected chi connectivity index (χ4v) is 1.85. The first-order valence-corrected chi connectivity index (χ1v) is 6.24. The maximum absolute atomic E-state index is 11.7. The Hall–Kier alpha value is -2.63. The van der Waals surface area contributed by atoms with Crippen LogP contribution in [0.15, 0.2) is 41.0 Å². The first kappa shape index (κ1) is 12.4. The highest BCUT2D eigenvalue weighted by atomic mass is 16.7. The standard InChI is InChI=1S/C14H14N2O4/c17-14(16-7-11-2-1-5-18-11)8-15-10-3-4-12-13(6-10)20-9-19-12/h1-6,15H,7-9H2,(H,16,17). The minimum atomic E-state index is -0.112. The molecule has 0 aliphatic carbocycles. The molecule has 2 aromatic rings. The van der Waals surface area contributed by atoms with Crippen LogP contribution in [0.1, 0.15) is 5.76 Å². The van der Waals surface area contributed by atoms with Gasteiger partial charge in [-0.2, -0.15) is 0 Å². The molecule has 3 rings (SSSR count). The van der Waals surface area contributed by atoms with E-state index in [0.29, 0.717) is 12.3 Å². The third-order valence-corrected chi connectivity index (χ3v) is 2.87. The molecular weight excluding hydrogens is 260 g/mol. The lowest BCUT2D eigenvalue weighted by Crippen LogP contribution is -2.29. The summed E-state index contributed by atoms with van der Waals surface area (Å²) in [5.41, 5.74) is 0.808. The molecule has 104 valence electrons. The van der Waals surface area contributed by atoms with Crippen LogP contribution >= 0.6 is 0 Å². The second-order valence-electron chi connectivity index (χ2n) is 4.28. The summed E-state index contributed by atoms with van der Waals surface area (Å²) < 4.78 is 15.6. The molecule has 1 aromatic heterocycles. The Bertz CT molecular complexity index is 595. The summed E-state index contributed by atoms with van der Waals surface area (Å²) in [7, 11) is 0. The van der Waals surface area contributed by atoms with Gasteiger partial charge in [-0.3, -0.25) is 4.79 Å². The third-order valence-electron chi connectivity index (χ3n) is 2.87. The molecule has 1 aliphatic rings. The van der Waals surface area contributed by atoms with E-state index in [9.17, 15) is 4.79 Å². The van der Waals surface area contributed by atoms with Crippen molar-refractivity contribution in [3.8, 4) is 11.5 Å². The molecule has 1 aromatic carbocycles. The Kier molecular flexibility index (Phi) is 3.45. The van der Waals surface area contributed by atoms with Crippen LogP contribution in [-0.2, 0) is 11.3 Å². The van der Waals surface area contributed by atoms with E-state index in [1.165, 1.54) is 0 Å². The van der Waals surface area contributed by atoms with Crippen molar-refractivity contribution < 1.29 is 18.7 Å². The van der Waals surface area contributed by atoms with Gasteiger partial charge < -0.3 is 24.5 Å². The Balaban J connectivity index is 1.48. The number of nitrogens with one attached hydrogen (secondary N) is 2. The zero-order valence-electron chi connectivity index (χ0n) is 10.7. The lowest BCUT2D eigenvalue weighted by molar-refractivity contribution is -0.119. The number of amides is 1. The third kappa shape index (κ3) is 2.85. The van der Waals surface area contributed by atoms with Gasteiger partial charge in [0.05, 0.1) is 19.4 Å². The smallest absolute Gasteiger partial charge is 0.239 e. The van der Waals surface area contributed by atoms with Crippen LogP contribution in [-0.4, -0.2) is 19.2 Å². The summed E-state index contributed by atoms with van der Waals surface area (Å²) >= 11 is 0. The number of anilines is 1. The number of rotatable bonds is 5. The fraction of sp³-hybridized carbons (Fsp3) is 0.214. The maximum Gasteiger partial charge on any atom is 0.239 e. The van der Waals surface area contributed by atoms with Crippen LogP contribution in [0.3, 0.4) is 0 Å². The van der Waals surface area contributed by atoms with Crippen molar-refractivity contribution in [2.45, 2.75) is 6.54 Å². The van der Waals surface area contributed by atoms with Gasteiger partial charge in [-0.15, -0.1) is 0 Å². The molecule has 0 saturated carbocycles. The van der Waals surface area contributed by atoms with Gasteiger partial charge in [0.2, 0.25) is 12.7 Å². The van der Waals surface area contributed by atoms with Crippen molar-refractivity contribution in [2.24, 2.45) is 0 Å². The summed E-state index contributed by atoms with van der Waals surface area (Å²) in [6, 6.07) is 9.05. The predicted octanol–water partition coefficient (Wildman–Crippen LogP) is 1.74. The van der Waals surface area contributed by atoms with Gasteiger partial charge in [-0.25, -0.2) is 0 Å². The summed E-state index contributed by atoms with van der Waals surface area (Å²) in [5.74, 6) is 2.02. The molecule has 2 N–H and O–H groups in total. The zero-order chi connectivity index (χ0) is 13.8. The topological polar surface area (TPSA) is 72.7 Å². The van der Waals surface area contributed by atoms with E-state index >= 15 is 0 Å². The van der Waals surface area contributed by atoms with E-state index < -0.39 is 0 Å². The van der Waals surface area contributed by atoms with Gasteiger partial charge in [-0.05, 0) is 24.3 Å². The first-order valence-electron chi connectivity index (χ1n) is 6.24. The number of ether oxygens (including phenoxy) is 2. The molecule has 0 spiro atoms. The van der Waals surface area contributed by atoms with E-state index in [1.54, 1.807) is 12.3 Å². The molecule has 0 atom stereocenters. The summed E-state index contributed by atoms with van der Waals surface area (Å²) in [6.07, 6.45) is 1.58. The molecule has 0 saturated heterocycles. The number of hydrogen-bond acceptors (Lipinski definition) is 5. The molecule has 6 nitrogen and oxygen atoms in total. The highest BCUT2D eigenvalue weighted by Gasteiger charge is 2.13. The molecule has 2 heterocycles. The normalized spacial score (nSPS) is 12.2. The number of benzene rings is 1. The van der Waals surface area contributed by atoms with Crippen LogP contribution in [0.25, 0.3) is 0 Å². The highest BCUT2D eigenvalue weighted by Crippen LogP contribution is 2.34. The Morgan fingerprint density at radius 2 is 2.10 bits per heavy atom. The van der Waals surface area contributed by atoms with Crippen LogP contribution in [0.4, 0.5) is 5.69 Å². The van der Waals surface area contributed by atoms with E-state index in [2.05, 4.69) is 10.6 Å². The number of carbonyl (C=O) groups excluding carboxylic acids is 1. The number of carbonyl (C=O) groups is 1. The number of furan rings is 1. The summed E-state index contributed by atoms with van der Waals surface area (Å²) in [4.78, 5) is 11.7. The van der Waals surface area contributed by atoms with Gasteiger partial charge in [0.25, 0.3) is 0 Å². The zero-order valence-corrected chi connectivity index (χ0v) is 10.7. The number of hydrogen-bond donors (Lipinski definition) is 2. The quantitative estimate of drug-likeness (QED) is 0.868. The average molecular weight is 274 g/mol. The van der Waals surface area contributed by atoms with E-state index in [-0.39, 0.29) is 19.2 Å². The van der Waals surface area contributed by atoms with E-state index in [1.807, 2.05) is 24.3 Å². The second kappa shape index (κ2) is 5.56. The van der Waals surface area contributed by atoms with Crippen molar-refractivity contribution in [1.82, 2.24) is 5.32 Å².